The maximum atomic E-state index is 10.9. The summed E-state index contributed by atoms with van der Waals surface area (Å²) in [5.41, 5.74) is 0.929. The van der Waals surface area contributed by atoms with Crippen molar-refractivity contribution in [3.05, 3.63) is 22.4 Å². The van der Waals surface area contributed by atoms with E-state index < -0.39 is 12.1 Å². The maximum Gasteiger partial charge on any atom is 0.306 e. The number of carboxylic acids is 1. The molecule has 3 N–H and O–H groups in total. The first-order chi connectivity index (χ1) is 8.66. The lowest BCUT2D eigenvalue weighted by Crippen LogP contribution is -2.38. The van der Waals surface area contributed by atoms with Gasteiger partial charge in [-0.2, -0.15) is 11.3 Å². The van der Waals surface area contributed by atoms with Crippen LogP contribution < -0.4 is 5.32 Å². The average molecular weight is 269 g/mol. The minimum Gasteiger partial charge on any atom is -0.481 e. The number of nitrogens with one attached hydrogen (secondary N) is 1. The first-order valence-corrected chi connectivity index (χ1v) is 7.27. The highest BCUT2D eigenvalue weighted by Gasteiger charge is 2.26. The largest absolute Gasteiger partial charge is 0.481 e. The molecule has 18 heavy (non-hydrogen) atoms. The third kappa shape index (κ3) is 3.54. The fourth-order valence-corrected chi connectivity index (χ4v) is 3.17. The van der Waals surface area contributed by atoms with Gasteiger partial charge in [-0.25, -0.2) is 0 Å². The fraction of sp³-hybridized carbons (Fsp3) is 0.615. The Morgan fingerprint density at radius 1 is 1.56 bits per heavy atom. The van der Waals surface area contributed by atoms with E-state index in [-0.39, 0.29) is 12.0 Å². The van der Waals surface area contributed by atoms with Crippen molar-refractivity contribution in [3.8, 4) is 0 Å². The van der Waals surface area contributed by atoms with E-state index >= 15 is 0 Å². The van der Waals surface area contributed by atoms with Crippen molar-refractivity contribution in [2.45, 2.75) is 37.8 Å². The van der Waals surface area contributed by atoms with Gasteiger partial charge in [0.1, 0.15) is 0 Å². The summed E-state index contributed by atoms with van der Waals surface area (Å²) >= 11 is 1.57. The first-order valence-electron chi connectivity index (χ1n) is 6.33. The summed E-state index contributed by atoms with van der Waals surface area (Å²) in [4.78, 5) is 10.9. The molecule has 1 saturated carbocycles. The van der Waals surface area contributed by atoms with E-state index in [1.165, 1.54) is 0 Å². The minimum absolute atomic E-state index is 0.216. The van der Waals surface area contributed by atoms with Crippen LogP contribution in [0.3, 0.4) is 0 Å². The Labute approximate surface area is 111 Å². The summed E-state index contributed by atoms with van der Waals surface area (Å²) < 4.78 is 0. The molecule has 100 valence electrons. The topological polar surface area (TPSA) is 69.6 Å². The van der Waals surface area contributed by atoms with E-state index in [0.29, 0.717) is 13.0 Å². The van der Waals surface area contributed by atoms with Gasteiger partial charge in [-0.05, 0) is 41.7 Å². The normalized spacial score (nSPS) is 25.8. The number of hydrogen-bond acceptors (Lipinski definition) is 4. The van der Waals surface area contributed by atoms with Gasteiger partial charge in [-0.15, -0.1) is 0 Å². The van der Waals surface area contributed by atoms with Crippen molar-refractivity contribution in [2.75, 3.05) is 6.54 Å². The van der Waals surface area contributed by atoms with Crippen LogP contribution in [0.4, 0.5) is 0 Å². The van der Waals surface area contributed by atoms with Crippen LogP contribution in [0, 0.1) is 5.92 Å². The van der Waals surface area contributed by atoms with E-state index in [1.807, 2.05) is 16.8 Å². The predicted molar refractivity (Wildman–Crippen MR) is 70.7 cm³/mol. The van der Waals surface area contributed by atoms with Crippen molar-refractivity contribution >= 4 is 17.3 Å². The molecule has 2 rings (SSSR count). The zero-order valence-electron chi connectivity index (χ0n) is 10.2. The quantitative estimate of drug-likeness (QED) is 0.765. The highest BCUT2D eigenvalue weighted by atomic mass is 32.1. The average Bonchev–Trinajstić information content (AvgIpc) is 2.90. The van der Waals surface area contributed by atoms with Gasteiger partial charge in [0.2, 0.25) is 0 Å². The van der Waals surface area contributed by atoms with Crippen LogP contribution in [-0.2, 0) is 4.79 Å². The van der Waals surface area contributed by atoms with Crippen molar-refractivity contribution < 1.29 is 15.0 Å². The molecule has 0 spiro atoms. The Kier molecular flexibility index (Phi) is 4.74. The number of carboxylic acid groups (broad SMARTS) is 1. The Bertz CT molecular complexity index is 380. The zero-order chi connectivity index (χ0) is 13.0. The molecule has 1 heterocycles. The number of thiophene rings is 1. The molecule has 1 aromatic heterocycles. The van der Waals surface area contributed by atoms with E-state index in [9.17, 15) is 9.90 Å². The molecule has 0 aromatic carbocycles. The number of hydrogen-bond donors (Lipinski definition) is 3. The van der Waals surface area contributed by atoms with Gasteiger partial charge in [0, 0.05) is 12.6 Å². The van der Waals surface area contributed by atoms with Gasteiger partial charge in [0.05, 0.1) is 12.0 Å². The summed E-state index contributed by atoms with van der Waals surface area (Å²) in [5.74, 6) is -0.922. The van der Waals surface area contributed by atoms with Gasteiger partial charge in [0.15, 0.2) is 0 Å². The molecule has 3 unspecified atom stereocenters. The number of aliphatic carboxylic acids is 1. The lowest BCUT2D eigenvalue weighted by molar-refractivity contribution is -0.143. The highest BCUT2D eigenvalue weighted by molar-refractivity contribution is 7.07. The van der Waals surface area contributed by atoms with Crippen LogP contribution in [0.15, 0.2) is 16.8 Å². The van der Waals surface area contributed by atoms with Crippen molar-refractivity contribution in [3.63, 3.8) is 0 Å². The molecule has 0 aliphatic heterocycles. The summed E-state index contributed by atoms with van der Waals surface area (Å²) in [7, 11) is 0. The van der Waals surface area contributed by atoms with Crippen molar-refractivity contribution in [1.82, 2.24) is 5.32 Å². The Hall–Kier alpha value is -0.910. The number of rotatable bonds is 5. The van der Waals surface area contributed by atoms with E-state index in [2.05, 4.69) is 5.32 Å². The fourth-order valence-electron chi connectivity index (χ4n) is 2.46. The lowest BCUT2D eigenvalue weighted by Gasteiger charge is -2.28. The Morgan fingerprint density at radius 3 is 3.06 bits per heavy atom. The highest BCUT2D eigenvalue weighted by Crippen LogP contribution is 2.25. The Balaban J connectivity index is 1.78. The summed E-state index contributed by atoms with van der Waals surface area (Å²) in [6.45, 7) is 0.494. The molecule has 0 saturated heterocycles. The molecule has 1 aliphatic rings. The van der Waals surface area contributed by atoms with Crippen LogP contribution in [0.25, 0.3) is 0 Å². The second-order valence-corrected chi connectivity index (χ2v) is 5.66. The zero-order valence-corrected chi connectivity index (χ0v) is 11.0. The molecular formula is C13H19NO3S. The number of carbonyl (C=O) groups is 1. The molecule has 3 atom stereocenters. The third-order valence-electron chi connectivity index (χ3n) is 3.55. The molecule has 5 heteroatoms. The first kappa shape index (κ1) is 13.5. The van der Waals surface area contributed by atoms with Gasteiger partial charge < -0.3 is 15.5 Å². The SMILES string of the molecule is O=C(O)C1CCCC(NCC(O)c2ccsc2)C1. The van der Waals surface area contributed by atoms with Crippen LogP contribution in [-0.4, -0.2) is 28.8 Å². The van der Waals surface area contributed by atoms with Gasteiger partial charge in [0.25, 0.3) is 0 Å². The molecule has 1 aromatic rings. The summed E-state index contributed by atoms with van der Waals surface area (Å²) in [5, 5.41) is 26.1. The van der Waals surface area contributed by atoms with Gasteiger partial charge in [-0.1, -0.05) is 6.42 Å². The van der Waals surface area contributed by atoms with Crippen LogP contribution in [0.1, 0.15) is 37.4 Å². The molecule has 1 aliphatic carbocycles. The Morgan fingerprint density at radius 2 is 2.39 bits per heavy atom. The van der Waals surface area contributed by atoms with Gasteiger partial charge in [-0.3, -0.25) is 4.79 Å². The van der Waals surface area contributed by atoms with E-state index in [1.54, 1.807) is 11.3 Å². The number of aliphatic hydroxyl groups excluding tert-OH is 1. The van der Waals surface area contributed by atoms with Crippen molar-refractivity contribution in [1.29, 1.82) is 0 Å². The third-order valence-corrected chi connectivity index (χ3v) is 4.25. The number of aliphatic hydroxyl groups is 1. The molecular weight excluding hydrogens is 250 g/mol. The maximum absolute atomic E-state index is 10.9. The summed E-state index contributed by atoms with van der Waals surface area (Å²) in [6.07, 6.45) is 2.90. The standard InChI is InChI=1S/C13H19NO3S/c15-12(10-4-5-18-8-10)7-14-11-3-1-2-9(6-11)13(16)17/h4-5,8-9,11-12,14-15H,1-3,6-7H2,(H,16,17). The summed E-state index contributed by atoms with van der Waals surface area (Å²) in [6, 6.07) is 2.13. The second kappa shape index (κ2) is 6.31. The second-order valence-electron chi connectivity index (χ2n) is 4.88. The van der Waals surface area contributed by atoms with Gasteiger partial charge >= 0.3 is 5.97 Å². The molecule has 0 bridgehead atoms. The molecule has 4 nitrogen and oxygen atoms in total. The van der Waals surface area contributed by atoms with Crippen LogP contribution in [0.2, 0.25) is 0 Å². The smallest absolute Gasteiger partial charge is 0.306 e. The molecule has 0 radical (unpaired) electrons. The molecule has 1 fully saturated rings. The van der Waals surface area contributed by atoms with Crippen molar-refractivity contribution in [2.24, 2.45) is 5.92 Å². The molecule has 0 amide bonds. The van der Waals surface area contributed by atoms with E-state index in [0.717, 1.165) is 24.8 Å². The predicted octanol–water partition coefficient (Wildman–Crippen LogP) is 2.01. The van der Waals surface area contributed by atoms with Crippen LogP contribution >= 0.6 is 11.3 Å². The minimum atomic E-state index is -0.695. The van der Waals surface area contributed by atoms with E-state index in [4.69, 9.17) is 5.11 Å². The van der Waals surface area contributed by atoms with Crippen LogP contribution in [0.5, 0.6) is 0 Å². The lowest BCUT2D eigenvalue weighted by atomic mass is 9.85. The monoisotopic (exact) mass is 269 g/mol.